The van der Waals surface area contributed by atoms with E-state index in [0.717, 1.165) is 31.6 Å². The fraction of sp³-hybridized carbons (Fsp3) is 0.667. The minimum Gasteiger partial charge on any atom is -0.493 e. The van der Waals surface area contributed by atoms with E-state index in [1.165, 1.54) is 11.1 Å². The minimum absolute atomic E-state index is 0.170. The zero-order chi connectivity index (χ0) is 15.9. The summed E-state index contributed by atoms with van der Waals surface area (Å²) in [6, 6.07) is 6.60. The van der Waals surface area contributed by atoms with Crippen LogP contribution in [0.4, 0.5) is 0 Å². The maximum atomic E-state index is 9.55. The van der Waals surface area contributed by atoms with Crippen LogP contribution in [0.25, 0.3) is 0 Å². The Balaban J connectivity index is 2.34. The number of nitrogens with one attached hydrogen (secondary N) is 1. The van der Waals surface area contributed by atoms with Gasteiger partial charge in [0.15, 0.2) is 0 Å². The third-order valence-electron chi connectivity index (χ3n) is 3.76. The summed E-state index contributed by atoms with van der Waals surface area (Å²) in [4.78, 5) is 0. The summed E-state index contributed by atoms with van der Waals surface area (Å²) in [5.74, 6) is 1.02. The van der Waals surface area contributed by atoms with Crippen LogP contribution < -0.4 is 10.1 Å². The molecule has 0 aliphatic rings. The van der Waals surface area contributed by atoms with Crippen LogP contribution in [0.3, 0.4) is 0 Å². The molecule has 3 nitrogen and oxygen atoms in total. The summed E-state index contributed by atoms with van der Waals surface area (Å²) in [5, 5.41) is 13.0. The summed E-state index contributed by atoms with van der Waals surface area (Å²) in [6.45, 7) is 11.4. The van der Waals surface area contributed by atoms with Gasteiger partial charge in [-0.2, -0.15) is 0 Å². The third kappa shape index (κ3) is 6.06. The van der Waals surface area contributed by atoms with Crippen molar-refractivity contribution < 1.29 is 9.84 Å². The van der Waals surface area contributed by atoms with Gasteiger partial charge in [0.25, 0.3) is 0 Å². The van der Waals surface area contributed by atoms with E-state index in [1.807, 2.05) is 0 Å². The summed E-state index contributed by atoms with van der Waals surface area (Å²) >= 11 is 0. The highest BCUT2D eigenvalue weighted by Gasteiger charge is 2.22. The second-order valence-electron chi connectivity index (χ2n) is 6.54. The number of hydrogen-bond donors (Lipinski definition) is 2. The third-order valence-corrected chi connectivity index (χ3v) is 3.76. The monoisotopic (exact) mass is 293 g/mol. The highest BCUT2D eigenvalue weighted by Crippen LogP contribution is 2.23. The van der Waals surface area contributed by atoms with E-state index in [0.29, 0.717) is 6.04 Å². The molecule has 1 aromatic rings. The normalized spacial score (nSPS) is 14.2. The standard InChI is InChI=1S/C18H31NO2/c1-14(2)19-18(5,13-20)11-6-7-12-21-17-15(3)9-8-10-16(17)4/h8-10,14,19-20H,6-7,11-13H2,1-5H3. The Morgan fingerprint density at radius 1 is 1.19 bits per heavy atom. The van der Waals surface area contributed by atoms with E-state index < -0.39 is 0 Å². The zero-order valence-corrected chi connectivity index (χ0v) is 14.2. The van der Waals surface area contributed by atoms with Crippen LogP contribution in [0, 0.1) is 13.8 Å². The van der Waals surface area contributed by atoms with E-state index in [2.05, 4.69) is 58.1 Å². The fourth-order valence-corrected chi connectivity index (χ4v) is 2.71. The van der Waals surface area contributed by atoms with Crippen molar-refractivity contribution in [1.82, 2.24) is 5.32 Å². The van der Waals surface area contributed by atoms with Crippen LogP contribution in [-0.4, -0.2) is 29.9 Å². The Hall–Kier alpha value is -1.06. The van der Waals surface area contributed by atoms with Gasteiger partial charge in [0.1, 0.15) is 5.75 Å². The molecule has 0 heterocycles. The Morgan fingerprint density at radius 2 is 1.81 bits per heavy atom. The topological polar surface area (TPSA) is 41.5 Å². The molecule has 1 atom stereocenters. The maximum absolute atomic E-state index is 9.55. The molecular weight excluding hydrogens is 262 g/mol. The molecule has 120 valence electrons. The average molecular weight is 293 g/mol. The number of rotatable bonds is 9. The highest BCUT2D eigenvalue weighted by molar-refractivity contribution is 5.39. The molecule has 0 radical (unpaired) electrons. The van der Waals surface area contributed by atoms with E-state index in [-0.39, 0.29) is 12.1 Å². The van der Waals surface area contributed by atoms with Crippen LogP contribution in [0.2, 0.25) is 0 Å². The van der Waals surface area contributed by atoms with Gasteiger partial charge in [-0.3, -0.25) is 0 Å². The lowest BCUT2D eigenvalue weighted by Crippen LogP contribution is -2.49. The van der Waals surface area contributed by atoms with Gasteiger partial charge in [-0.1, -0.05) is 32.0 Å². The lowest BCUT2D eigenvalue weighted by molar-refractivity contribution is 0.152. The van der Waals surface area contributed by atoms with Crippen LogP contribution in [0.5, 0.6) is 5.75 Å². The molecule has 21 heavy (non-hydrogen) atoms. The lowest BCUT2D eigenvalue weighted by atomic mass is 9.95. The Labute approximate surface area is 129 Å². The van der Waals surface area contributed by atoms with E-state index >= 15 is 0 Å². The second kappa shape index (κ2) is 8.40. The molecule has 0 spiro atoms. The number of benzene rings is 1. The summed E-state index contributed by atoms with van der Waals surface area (Å²) < 4.78 is 5.91. The molecule has 0 bridgehead atoms. The Kier molecular flexibility index (Phi) is 7.20. The van der Waals surface area contributed by atoms with Crippen LogP contribution in [0.15, 0.2) is 18.2 Å². The van der Waals surface area contributed by atoms with E-state index in [1.54, 1.807) is 0 Å². The molecule has 0 aromatic heterocycles. The van der Waals surface area contributed by atoms with Crippen LogP contribution >= 0.6 is 0 Å². The summed E-state index contributed by atoms with van der Waals surface area (Å²) in [5.41, 5.74) is 2.19. The predicted molar refractivity (Wildman–Crippen MR) is 89.0 cm³/mol. The van der Waals surface area contributed by atoms with Gasteiger partial charge in [-0.15, -0.1) is 0 Å². The quantitative estimate of drug-likeness (QED) is 0.684. The molecule has 0 saturated carbocycles. The zero-order valence-electron chi connectivity index (χ0n) is 14.2. The number of para-hydroxylation sites is 1. The van der Waals surface area contributed by atoms with Crippen molar-refractivity contribution >= 4 is 0 Å². The molecule has 0 fully saturated rings. The molecule has 0 aliphatic carbocycles. The molecule has 1 aromatic carbocycles. The van der Waals surface area contributed by atoms with E-state index in [4.69, 9.17) is 4.74 Å². The van der Waals surface area contributed by atoms with Gasteiger partial charge < -0.3 is 15.2 Å². The number of aryl methyl sites for hydroxylation is 2. The molecular formula is C18H31NO2. The average Bonchev–Trinajstić information content (AvgIpc) is 2.40. The molecule has 0 saturated heterocycles. The largest absolute Gasteiger partial charge is 0.493 e. The Morgan fingerprint density at radius 3 is 2.33 bits per heavy atom. The highest BCUT2D eigenvalue weighted by atomic mass is 16.5. The first kappa shape index (κ1) is 18.0. The maximum Gasteiger partial charge on any atom is 0.125 e. The fourth-order valence-electron chi connectivity index (χ4n) is 2.71. The minimum atomic E-state index is -0.188. The predicted octanol–water partition coefficient (Wildman–Crippen LogP) is 3.60. The van der Waals surface area contributed by atoms with E-state index in [9.17, 15) is 5.11 Å². The van der Waals surface area contributed by atoms with Crippen molar-refractivity contribution in [3.63, 3.8) is 0 Å². The summed E-state index contributed by atoms with van der Waals surface area (Å²) in [6.07, 6.45) is 3.00. The number of hydrogen-bond acceptors (Lipinski definition) is 3. The van der Waals surface area contributed by atoms with Crippen molar-refractivity contribution in [3.05, 3.63) is 29.3 Å². The number of aliphatic hydroxyl groups excluding tert-OH is 1. The lowest BCUT2D eigenvalue weighted by Gasteiger charge is -2.31. The molecule has 2 N–H and O–H groups in total. The van der Waals surface area contributed by atoms with Gasteiger partial charge in [0, 0.05) is 11.6 Å². The van der Waals surface area contributed by atoms with Gasteiger partial charge in [0.2, 0.25) is 0 Å². The summed E-state index contributed by atoms with van der Waals surface area (Å²) in [7, 11) is 0. The molecule has 0 aliphatic heterocycles. The second-order valence-corrected chi connectivity index (χ2v) is 6.54. The Bertz CT molecular complexity index is 411. The van der Waals surface area contributed by atoms with Gasteiger partial charge in [0.05, 0.1) is 13.2 Å². The molecule has 0 amide bonds. The van der Waals surface area contributed by atoms with Gasteiger partial charge in [-0.05, 0) is 51.2 Å². The first-order valence-corrected chi connectivity index (χ1v) is 7.95. The van der Waals surface area contributed by atoms with Crippen molar-refractivity contribution in [1.29, 1.82) is 0 Å². The smallest absolute Gasteiger partial charge is 0.125 e. The molecule has 1 unspecified atom stereocenters. The van der Waals surface area contributed by atoms with Gasteiger partial charge >= 0.3 is 0 Å². The first-order chi connectivity index (χ1) is 9.88. The van der Waals surface area contributed by atoms with Crippen molar-refractivity contribution in [2.75, 3.05) is 13.2 Å². The first-order valence-electron chi connectivity index (χ1n) is 7.95. The number of ether oxygens (including phenoxy) is 1. The number of aliphatic hydroxyl groups is 1. The van der Waals surface area contributed by atoms with Crippen molar-refractivity contribution in [3.8, 4) is 5.75 Å². The van der Waals surface area contributed by atoms with Crippen molar-refractivity contribution in [2.45, 2.75) is 65.5 Å². The van der Waals surface area contributed by atoms with Crippen LogP contribution in [0.1, 0.15) is 51.2 Å². The van der Waals surface area contributed by atoms with Crippen molar-refractivity contribution in [2.24, 2.45) is 0 Å². The SMILES string of the molecule is Cc1cccc(C)c1OCCCCC(C)(CO)NC(C)C. The van der Waals surface area contributed by atoms with Gasteiger partial charge in [-0.25, -0.2) is 0 Å². The van der Waals surface area contributed by atoms with Crippen LogP contribution in [-0.2, 0) is 0 Å². The molecule has 3 heteroatoms. The number of unbranched alkanes of at least 4 members (excludes halogenated alkanes) is 1. The molecule has 1 rings (SSSR count).